The topological polar surface area (TPSA) is 87.6 Å². The van der Waals surface area contributed by atoms with Crippen LogP contribution in [0.1, 0.15) is 23.2 Å². The van der Waals surface area contributed by atoms with Crippen molar-refractivity contribution in [1.82, 2.24) is 0 Å². The second kappa shape index (κ2) is 9.44. The fourth-order valence-corrected chi connectivity index (χ4v) is 2.82. The molecule has 8 heteroatoms. The Morgan fingerprint density at radius 1 is 0.792 bits per heavy atom. The Balaban J connectivity index is 1.74. The van der Waals surface area contributed by atoms with Crippen molar-refractivity contribution < 1.29 is 13.6 Å². The molecule has 0 aliphatic rings. The number of hydrogen-bond acceptors (Lipinski definition) is 5. The lowest BCUT2D eigenvalue weighted by Gasteiger charge is -2.09. The van der Waals surface area contributed by atoms with E-state index in [-0.39, 0.29) is 13.2 Å². The quantitative estimate of drug-likeness (QED) is 0.656. The molecule has 0 spiro atoms. The van der Waals surface area contributed by atoms with Gasteiger partial charge in [0.25, 0.3) is 0 Å². The molecule has 0 heterocycles. The lowest BCUT2D eigenvalue weighted by Crippen LogP contribution is -2.17. The average Bonchev–Trinajstić information content (AvgIpc) is 2.58. The lowest BCUT2D eigenvalue weighted by molar-refractivity contribution is 0.207. The van der Waals surface area contributed by atoms with Gasteiger partial charge in [0.1, 0.15) is 13.2 Å². The minimum atomic E-state index is -2.30. The Morgan fingerprint density at radius 2 is 1.12 bits per heavy atom. The molecule has 24 heavy (non-hydrogen) atoms. The summed E-state index contributed by atoms with van der Waals surface area (Å²) in [6, 6.07) is 13.3. The first-order valence-electron chi connectivity index (χ1n) is 7.21. The summed E-state index contributed by atoms with van der Waals surface area (Å²) in [6.07, 6.45) is 0. The zero-order chi connectivity index (χ0) is 17.5. The van der Waals surface area contributed by atoms with Crippen molar-refractivity contribution in [2.75, 3.05) is 13.2 Å². The third-order valence-electron chi connectivity index (χ3n) is 3.32. The number of benzene rings is 2. The first kappa shape index (κ1) is 19.3. The van der Waals surface area contributed by atoms with Crippen molar-refractivity contribution >= 4 is 31.5 Å². The zero-order valence-electron chi connectivity index (χ0n) is 12.8. The van der Waals surface area contributed by atoms with E-state index >= 15 is 0 Å². The maximum atomic E-state index is 11.8. The standard InChI is InChI=1S/C16H18Cl2N2O3P/c17-13-5-1-11(2-6-13)15(19)9-22-24(21)23-10-16(20)12-3-7-14(18)8-4-12/h1-8,15-16H,9-10,19-20H2/q+1. The molecule has 0 aliphatic carbocycles. The normalized spacial score (nSPS) is 14.2. The summed E-state index contributed by atoms with van der Waals surface area (Å²) in [7, 11) is -2.30. The maximum Gasteiger partial charge on any atom is 0.697 e. The molecular weight excluding hydrogens is 370 g/mol. The van der Waals surface area contributed by atoms with Gasteiger partial charge in [-0.3, -0.25) is 0 Å². The SMILES string of the molecule is NC(CO[P+](=O)OCC(N)c1ccc(Cl)cc1)c1ccc(Cl)cc1. The van der Waals surface area contributed by atoms with Gasteiger partial charge < -0.3 is 11.5 Å². The first-order chi connectivity index (χ1) is 11.5. The minimum absolute atomic E-state index is 0.0625. The van der Waals surface area contributed by atoms with Crippen molar-refractivity contribution in [2.45, 2.75) is 12.1 Å². The summed E-state index contributed by atoms with van der Waals surface area (Å²) >= 11 is 11.6. The second-order valence-corrected chi connectivity index (χ2v) is 6.97. The summed E-state index contributed by atoms with van der Waals surface area (Å²) in [4.78, 5) is 0. The molecule has 2 unspecified atom stereocenters. The van der Waals surface area contributed by atoms with Crippen LogP contribution in [0, 0.1) is 0 Å². The van der Waals surface area contributed by atoms with Gasteiger partial charge in [-0.15, -0.1) is 9.05 Å². The Morgan fingerprint density at radius 3 is 1.46 bits per heavy atom. The van der Waals surface area contributed by atoms with Gasteiger partial charge in [0.05, 0.1) is 12.1 Å². The van der Waals surface area contributed by atoms with Crippen LogP contribution in [-0.2, 0) is 13.6 Å². The summed E-state index contributed by atoms with van der Waals surface area (Å²) in [5.41, 5.74) is 13.6. The number of nitrogens with two attached hydrogens (primary N) is 2. The third-order valence-corrected chi connectivity index (χ3v) is 4.54. The van der Waals surface area contributed by atoms with E-state index in [2.05, 4.69) is 0 Å². The monoisotopic (exact) mass is 387 g/mol. The van der Waals surface area contributed by atoms with Crippen LogP contribution in [0.4, 0.5) is 0 Å². The molecule has 5 nitrogen and oxygen atoms in total. The Kier molecular flexibility index (Phi) is 7.59. The van der Waals surface area contributed by atoms with E-state index in [1.54, 1.807) is 48.5 Å². The molecule has 2 rings (SSSR count). The van der Waals surface area contributed by atoms with Crippen molar-refractivity contribution in [2.24, 2.45) is 11.5 Å². The predicted molar refractivity (Wildman–Crippen MR) is 96.3 cm³/mol. The molecule has 0 radical (unpaired) electrons. The molecule has 2 atom stereocenters. The summed E-state index contributed by atoms with van der Waals surface area (Å²) in [6.45, 7) is 0.125. The van der Waals surface area contributed by atoms with Crippen LogP contribution in [0.2, 0.25) is 10.0 Å². The highest BCUT2D eigenvalue weighted by Gasteiger charge is 2.24. The van der Waals surface area contributed by atoms with Crippen LogP contribution in [0.5, 0.6) is 0 Å². The van der Waals surface area contributed by atoms with E-state index in [4.69, 9.17) is 43.7 Å². The number of rotatable bonds is 8. The van der Waals surface area contributed by atoms with Gasteiger partial charge in [-0.05, 0) is 35.4 Å². The molecule has 128 valence electrons. The van der Waals surface area contributed by atoms with Crippen LogP contribution in [0.15, 0.2) is 48.5 Å². The fraction of sp³-hybridized carbons (Fsp3) is 0.250. The van der Waals surface area contributed by atoms with Crippen LogP contribution < -0.4 is 11.5 Å². The third kappa shape index (κ3) is 6.11. The van der Waals surface area contributed by atoms with E-state index in [1.165, 1.54) is 0 Å². The highest BCUT2D eigenvalue weighted by Crippen LogP contribution is 2.28. The van der Waals surface area contributed by atoms with Crippen LogP contribution in [0.25, 0.3) is 0 Å². The van der Waals surface area contributed by atoms with E-state index < -0.39 is 20.3 Å². The minimum Gasteiger partial charge on any atom is -0.322 e. The van der Waals surface area contributed by atoms with Gasteiger partial charge in [0, 0.05) is 14.6 Å². The van der Waals surface area contributed by atoms with Gasteiger partial charge in [-0.25, -0.2) is 0 Å². The van der Waals surface area contributed by atoms with Crippen LogP contribution >= 0.6 is 31.5 Å². The fourth-order valence-electron chi connectivity index (χ4n) is 1.93. The van der Waals surface area contributed by atoms with Gasteiger partial charge in [-0.1, -0.05) is 47.5 Å². The molecule has 2 aromatic rings. The lowest BCUT2D eigenvalue weighted by atomic mass is 10.1. The molecule has 0 saturated heterocycles. The maximum absolute atomic E-state index is 11.8. The van der Waals surface area contributed by atoms with Gasteiger partial charge in [0.15, 0.2) is 0 Å². The zero-order valence-corrected chi connectivity index (χ0v) is 15.2. The molecule has 2 aromatic carbocycles. The highest BCUT2D eigenvalue weighted by atomic mass is 35.5. The second-order valence-electron chi connectivity index (χ2n) is 5.13. The first-order valence-corrected chi connectivity index (χ1v) is 9.06. The van der Waals surface area contributed by atoms with Gasteiger partial charge in [0.2, 0.25) is 0 Å². The molecule has 0 aromatic heterocycles. The van der Waals surface area contributed by atoms with Gasteiger partial charge >= 0.3 is 8.25 Å². The van der Waals surface area contributed by atoms with Crippen LogP contribution in [-0.4, -0.2) is 13.2 Å². The smallest absolute Gasteiger partial charge is 0.322 e. The largest absolute Gasteiger partial charge is 0.697 e. The molecule has 0 saturated carbocycles. The molecule has 4 N–H and O–H groups in total. The Bertz CT molecular complexity index is 611. The molecule has 0 bridgehead atoms. The average molecular weight is 388 g/mol. The van der Waals surface area contributed by atoms with Crippen molar-refractivity contribution in [3.05, 3.63) is 69.7 Å². The van der Waals surface area contributed by atoms with Crippen molar-refractivity contribution in [3.63, 3.8) is 0 Å². The van der Waals surface area contributed by atoms with Gasteiger partial charge in [-0.2, -0.15) is 0 Å². The Labute approximate surface area is 151 Å². The molecule has 0 aliphatic heterocycles. The highest BCUT2D eigenvalue weighted by molar-refractivity contribution is 7.33. The molecule has 0 amide bonds. The molecular formula is C16H18Cl2N2O3P+. The predicted octanol–water partition coefficient (Wildman–Crippen LogP) is 4.38. The molecule has 0 fully saturated rings. The Hall–Kier alpha value is -1.04. The van der Waals surface area contributed by atoms with E-state index in [0.717, 1.165) is 11.1 Å². The summed E-state index contributed by atoms with van der Waals surface area (Å²) in [5, 5.41) is 1.25. The summed E-state index contributed by atoms with van der Waals surface area (Å²) < 4.78 is 22.1. The van der Waals surface area contributed by atoms with E-state index in [9.17, 15) is 4.57 Å². The van der Waals surface area contributed by atoms with Crippen molar-refractivity contribution in [1.29, 1.82) is 0 Å². The number of halogens is 2. The van der Waals surface area contributed by atoms with Crippen molar-refractivity contribution in [3.8, 4) is 0 Å². The van der Waals surface area contributed by atoms with Crippen LogP contribution in [0.3, 0.4) is 0 Å². The van der Waals surface area contributed by atoms with E-state index in [1.807, 2.05) is 0 Å². The summed E-state index contributed by atoms with van der Waals surface area (Å²) in [5.74, 6) is 0. The van der Waals surface area contributed by atoms with E-state index in [0.29, 0.717) is 10.0 Å². The number of hydrogen-bond donors (Lipinski definition) is 2.